The lowest BCUT2D eigenvalue weighted by Gasteiger charge is -2.37. The molecule has 1 aromatic rings. The Morgan fingerprint density at radius 2 is 2.46 bits per heavy atom. The van der Waals surface area contributed by atoms with Gasteiger partial charge in [-0.1, -0.05) is 19.8 Å². The third kappa shape index (κ3) is 1.51. The molecule has 2 nitrogen and oxygen atoms in total. The molecule has 13 heavy (non-hydrogen) atoms. The molecule has 0 bridgehead atoms. The first kappa shape index (κ1) is 9.16. The largest absolute Gasteiger partial charge is 0.319 e. The van der Waals surface area contributed by atoms with E-state index in [1.54, 1.807) is 11.3 Å². The molecule has 0 aliphatic heterocycles. The summed E-state index contributed by atoms with van der Waals surface area (Å²) in [5.74, 6) is 0.576. The number of nitrogens with two attached hydrogens (primary N) is 1. The summed E-state index contributed by atoms with van der Waals surface area (Å²) in [6.07, 6.45) is 6.78. The van der Waals surface area contributed by atoms with Gasteiger partial charge in [0.15, 0.2) is 0 Å². The Morgan fingerprint density at radius 1 is 1.62 bits per heavy atom. The number of hydrogen-bond acceptors (Lipinski definition) is 3. The minimum absolute atomic E-state index is 0.133. The minimum atomic E-state index is -0.133. The summed E-state index contributed by atoms with van der Waals surface area (Å²) < 4.78 is 0. The van der Waals surface area contributed by atoms with Crippen LogP contribution in [0.3, 0.4) is 0 Å². The molecule has 2 N–H and O–H groups in total. The Balaban J connectivity index is 2.27. The van der Waals surface area contributed by atoms with Crippen LogP contribution in [0.5, 0.6) is 0 Å². The van der Waals surface area contributed by atoms with Crippen molar-refractivity contribution >= 4 is 11.3 Å². The Morgan fingerprint density at radius 3 is 3.08 bits per heavy atom. The SMILES string of the molecule is CC1CCCCC1(N)c1nccs1. The summed E-state index contributed by atoms with van der Waals surface area (Å²) in [7, 11) is 0. The Kier molecular flexibility index (Phi) is 2.39. The third-order valence-electron chi connectivity index (χ3n) is 3.19. The Bertz CT molecular complexity index is 270. The second-order valence-electron chi connectivity index (χ2n) is 4.02. The number of hydrogen-bond donors (Lipinski definition) is 1. The van der Waals surface area contributed by atoms with Crippen molar-refractivity contribution in [1.29, 1.82) is 0 Å². The Hall–Kier alpha value is -0.410. The highest BCUT2D eigenvalue weighted by molar-refractivity contribution is 7.09. The molecule has 3 heteroatoms. The maximum Gasteiger partial charge on any atom is 0.113 e. The van der Waals surface area contributed by atoms with Crippen LogP contribution < -0.4 is 5.73 Å². The molecule has 2 unspecified atom stereocenters. The summed E-state index contributed by atoms with van der Waals surface area (Å²) in [5.41, 5.74) is 6.28. The summed E-state index contributed by atoms with van der Waals surface area (Å²) >= 11 is 1.70. The van der Waals surface area contributed by atoms with Crippen molar-refractivity contribution in [3.05, 3.63) is 16.6 Å². The first-order chi connectivity index (χ1) is 6.23. The van der Waals surface area contributed by atoms with E-state index in [4.69, 9.17) is 5.73 Å². The average Bonchev–Trinajstić information content (AvgIpc) is 2.63. The van der Waals surface area contributed by atoms with Crippen LogP contribution in [-0.4, -0.2) is 4.98 Å². The van der Waals surface area contributed by atoms with E-state index in [1.807, 2.05) is 11.6 Å². The maximum absolute atomic E-state index is 6.42. The molecule has 0 amide bonds. The van der Waals surface area contributed by atoms with Gasteiger partial charge in [0.1, 0.15) is 5.01 Å². The molecule has 0 saturated heterocycles. The molecule has 0 radical (unpaired) electrons. The molecule has 1 heterocycles. The topological polar surface area (TPSA) is 38.9 Å². The van der Waals surface area contributed by atoms with Crippen molar-refractivity contribution in [3.8, 4) is 0 Å². The van der Waals surface area contributed by atoms with Crippen molar-refractivity contribution < 1.29 is 0 Å². The third-order valence-corrected chi connectivity index (χ3v) is 4.15. The maximum atomic E-state index is 6.42. The summed E-state index contributed by atoms with van der Waals surface area (Å²) in [6.45, 7) is 2.25. The number of thiazole rings is 1. The fourth-order valence-corrected chi connectivity index (χ4v) is 3.04. The van der Waals surface area contributed by atoms with Gasteiger partial charge in [-0.15, -0.1) is 11.3 Å². The second kappa shape index (κ2) is 3.39. The monoisotopic (exact) mass is 196 g/mol. The molecule has 0 aromatic carbocycles. The van der Waals surface area contributed by atoms with E-state index >= 15 is 0 Å². The van der Waals surface area contributed by atoms with Gasteiger partial charge in [0.25, 0.3) is 0 Å². The molecular weight excluding hydrogens is 180 g/mol. The molecule has 1 fully saturated rings. The van der Waals surface area contributed by atoms with E-state index in [9.17, 15) is 0 Å². The molecule has 72 valence electrons. The zero-order valence-corrected chi connectivity index (χ0v) is 8.81. The van der Waals surface area contributed by atoms with Gasteiger partial charge in [-0.2, -0.15) is 0 Å². The molecule has 2 rings (SSSR count). The highest BCUT2D eigenvalue weighted by Gasteiger charge is 2.37. The lowest BCUT2D eigenvalue weighted by molar-refractivity contribution is 0.206. The highest BCUT2D eigenvalue weighted by Crippen LogP contribution is 2.39. The second-order valence-corrected chi connectivity index (χ2v) is 4.92. The van der Waals surface area contributed by atoms with E-state index in [-0.39, 0.29) is 5.54 Å². The standard InChI is InChI=1S/C10H16N2S/c1-8-4-2-3-5-10(8,11)9-12-6-7-13-9/h6-8H,2-5,11H2,1H3. The molecule has 1 aliphatic carbocycles. The Labute approximate surface area is 83.2 Å². The highest BCUT2D eigenvalue weighted by atomic mass is 32.1. The fourth-order valence-electron chi connectivity index (χ4n) is 2.14. The molecule has 1 saturated carbocycles. The zero-order chi connectivity index (χ0) is 9.31. The number of nitrogens with zero attached hydrogens (tertiary/aromatic N) is 1. The van der Waals surface area contributed by atoms with E-state index < -0.39 is 0 Å². The van der Waals surface area contributed by atoms with Gasteiger partial charge in [0.2, 0.25) is 0 Å². The van der Waals surface area contributed by atoms with Crippen molar-refractivity contribution in [1.82, 2.24) is 4.98 Å². The molecular formula is C10H16N2S. The van der Waals surface area contributed by atoms with Crippen LogP contribution in [0.25, 0.3) is 0 Å². The average molecular weight is 196 g/mol. The smallest absolute Gasteiger partial charge is 0.113 e. The van der Waals surface area contributed by atoms with Crippen molar-refractivity contribution in [2.24, 2.45) is 11.7 Å². The lowest BCUT2D eigenvalue weighted by atomic mass is 9.75. The van der Waals surface area contributed by atoms with Crippen LogP contribution in [0.4, 0.5) is 0 Å². The van der Waals surface area contributed by atoms with Crippen LogP contribution in [-0.2, 0) is 5.54 Å². The number of aromatic nitrogens is 1. The van der Waals surface area contributed by atoms with Gasteiger partial charge in [0.05, 0.1) is 5.54 Å². The van der Waals surface area contributed by atoms with Gasteiger partial charge in [-0.25, -0.2) is 4.98 Å². The van der Waals surface area contributed by atoms with Crippen molar-refractivity contribution in [3.63, 3.8) is 0 Å². The van der Waals surface area contributed by atoms with Gasteiger partial charge in [0, 0.05) is 11.6 Å². The molecule has 1 aromatic heterocycles. The predicted molar refractivity (Wildman–Crippen MR) is 55.6 cm³/mol. The van der Waals surface area contributed by atoms with Crippen LogP contribution in [0, 0.1) is 5.92 Å². The van der Waals surface area contributed by atoms with Crippen LogP contribution >= 0.6 is 11.3 Å². The van der Waals surface area contributed by atoms with Gasteiger partial charge >= 0.3 is 0 Å². The normalized spacial score (nSPS) is 34.8. The minimum Gasteiger partial charge on any atom is -0.319 e. The molecule has 2 atom stereocenters. The van der Waals surface area contributed by atoms with E-state index in [0.717, 1.165) is 11.4 Å². The summed E-state index contributed by atoms with van der Waals surface area (Å²) in [6, 6.07) is 0. The van der Waals surface area contributed by atoms with Gasteiger partial charge in [-0.3, -0.25) is 0 Å². The quantitative estimate of drug-likeness (QED) is 0.749. The van der Waals surface area contributed by atoms with Crippen molar-refractivity contribution in [2.75, 3.05) is 0 Å². The van der Waals surface area contributed by atoms with Gasteiger partial charge in [-0.05, 0) is 18.8 Å². The van der Waals surface area contributed by atoms with Crippen LogP contribution in [0.15, 0.2) is 11.6 Å². The first-order valence-corrected chi connectivity index (χ1v) is 5.80. The summed E-state index contributed by atoms with van der Waals surface area (Å²) in [4.78, 5) is 4.36. The van der Waals surface area contributed by atoms with E-state index in [0.29, 0.717) is 5.92 Å². The van der Waals surface area contributed by atoms with Crippen LogP contribution in [0.1, 0.15) is 37.6 Å². The predicted octanol–water partition coefficient (Wildman–Crippen LogP) is 2.51. The van der Waals surface area contributed by atoms with Crippen LogP contribution in [0.2, 0.25) is 0 Å². The van der Waals surface area contributed by atoms with Gasteiger partial charge < -0.3 is 5.73 Å². The zero-order valence-electron chi connectivity index (χ0n) is 7.99. The summed E-state index contributed by atoms with van der Waals surface area (Å²) in [5, 5.41) is 3.14. The lowest BCUT2D eigenvalue weighted by Crippen LogP contribution is -2.45. The first-order valence-electron chi connectivity index (χ1n) is 4.92. The molecule has 1 aliphatic rings. The van der Waals surface area contributed by atoms with Crippen molar-refractivity contribution in [2.45, 2.75) is 38.1 Å². The molecule has 0 spiro atoms. The number of rotatable bonds is 1. The van der Waals surface area contributed by atoms with E-state index in [2.05, 4.69) is 11.9 Å². The fraction of sp³-hybridized carbons (Fsp3) is 0.700. The van der Waals surface area contributed by atoms with E-state index in [1.165, 1.54) is 19.3 Å².